The molecule has 1 aliphatic heterocycles. The number of aromatic nitrogens is 1. The summed E-state index contributed by atoms with van der Waals surface area (Å²) < 4.78 is 5.12. The number of aliphatic hydroxyl groups is 1. The van der Waals surface area contributed by atoms with E-state index in [0.29, 0.717) is 21.8 Å². The molecule has 2 aromatic carbocycles. The first-order valence-corrected chi connectivity index (χ1v) is 13.0. The molecule has 192 valence electrons. The molecule has 1 atom stereocenters. The van der Waals surface area contributed by atoms with Crippen LogP contribution < -0.4 is 4.90 Å². The van der Waals surface area contributed by atoms with Crippen molar-refractivity contribution in [2.75, 3.05) is 11.5 Å². The molecular formula is C28H27ClN2O5S. The van der Waals surface area contributed by atoms with Gasteiger partial charge >= 0.3 is 11.9 Å². The molecule has 2 heterocycles. The maximum atomic E-state index is 13.4. The van der Waals surface area contributed by atoms with E-state index in [2.05, 4.69) is 25.8 Å². The SMILES string of the molecule is CCOC(=O)c1sc(N2C(=O)C(=O)C(=C(O)c3ccc(Cl)cc3)[C@H]2c2ccc(C(C)(C)C)cc2)nc1C. The van der Waals surface area contributed by atoms with Crippen LogP contribution >= 0.6 is 22.9 Å². The van der Waals surface area contributed by atoms with Gasteiger partial charge in [0.1, 0.15) is 10.6 Å². The van der Waals surface area contributed by atoms with Gasteiger partial charge in [0, 0.05) is 10.6 Å². The number of aryl methyl sites for hydroxylation is 1. The molecule has 4 rings (SSSR count). The number of esters is 1. The molecule has 1 fully saturated rings. The minimum absolute atomic E-state index is 0.0682. The second kappa shape index (κ2) is 10.1. The van der Waals surface area contributed by atoms with Gasteiger partial charge in [-0.2, -0.15) is 0 Å². The highest BCUT2D eigenvalue weighted by Crippen LogP contribution is 2.44. The zero-order valence-corrected chi connectivity index (χ0v) is 22.7. The first kappa shape index (κ1) is 26.6. The van der Waals surface area contributed by atoms with Gasteiger partial charge < -0.3 is 9.84 Å². The van der Waals surface area contributed by atoms with Crippen LogP contribution in [0.2, 0.25) is 5.02 Å². The first-order chi connectivity index (χ1) is 17.4. The fourth-order valence-corrected chi connectivity index (χ4v) is 5.26. The van der Waals surface area contributed by atoms with Crippen molar-refractivity contribution in [2.24, 2.45) is 0 Å². The Hall–Kier alpha value is -3.49. The third-order valence-electron chi connectivity index (χ3n) is 6.11. The summed E-state index contributed by atoms with van der Waals surface area (Å²) in [5, 5.41) is 11.9. The fourth-order valence-electron chi connectivity index (χ4n) is 4.15. The van der Waals surface area contributed by atoms with Gasteiger partial charge in [0.05, 0.1) is 23.9 Å². The number of aliphatic hydroxyl groups excluding tert-OH is 1. The smallest absolute Gasteiger partial charge is 0.350 e. The number of thiazole rings is 1. The lowest BCUT2D eigenvalue weighted by atomic mass is 9.85. The fraction of sp³-hybridized carbons (Fsp3) is 0.286. The molecule has 0 aliphatic carbocycles. The third-order valence-corrected chi connectivity index (χ3v) is 7.50. The van der Waals surface area contributed by atoms with Gasteiger partial charge in [-0.3, -0.25) is 14.5 Å². The number of halogens is 1. The summed E-state index contributed by atoms with van der Waals surface area (Å²) in [5.41, 5.74) is 2.25. The molecule has 0 radical (unpaired) electrons. The molecule has 0 bridgehead atoms. The van der Waals surface area contributed by atoms with Crippen LogP contribution in [0.5, 0.6) is 0 Å². The number of anilines is 1. The van der Waals surface area contributed by atoms with E-state index >= 15 is 0 Å². The number of Topliss-reactive ketones (excluding diaryl/α,β-unsaturated/α-hetero) is 1. The number of ether oxygens (including phenoxy) is 1. The van der Waals surface area contributed by atoms with Gasteiger partial charge in [-0.25, -0.2) is 9.78 Å². The van der Waals surface area contributed by atoms with E-state index in [4.69, 9.17) is 16.3 Å². The predicted octanol–water partition coefficient (Wildman–Crippen LogP) is 6.21. The van der Waals surface area contributed by atoms with Crippen molar-refractivity contribution in [1.82, 2.24) is 4.98 Å². The highest BCUT2D eigenvalue weighted by atomic mass is 35.5. The van der Waals surface area contributed by atoms with Gasteiger partial charge in [-0.1, -0.05) is 68.0 Å². The molecule has 7 nitrogen and oxygen atoms in total. The molecule has 1 amide bonds. The van der Waals surface area contributed by atoms with Gasteiger partial charge in [-0.15, -0.1) is 0 Å². The Bertz CT molecular complexity index is 1400. The molecule has 0 unspecified atom stereocenters. The maximum absolute atomic E-state index is 13.4. The van der Waals surface area contributed by atoms with Crippen LogP contribution in [-0.2, 0) is 19.7 Å². The Labute approximate surface area is 224 Å². The van der Waals surface area contributed by atoms with Crippen molar-refractivity contribution in [3.05, 3.63) is 86.4 Å². The van der Waals surface area contributed by atoms with E-state index in [-0.39, 0.29) is 33.4 Å². The quantitative estimate of drug-likeness (QED) is 0.180. The van der Waals surface area contributed by atoms with E-state index in [1.54, 1.807) is 38.1 Å². The maximum Gasteiger partial charge on any atom is 0.350 e. The van der Waals surface area contributed by atoms with Crippen LogP contribution in [0.4, 0.5) is 5.13 Å². The predicted molar refractivity (Wildman–Crippen MR) is 144 cm³/mol. The molecule has 1 aromatic heterocycles. The van der Waals surface area contributed by atoms with Gasteiger partial charge in [0.2, 0.25) is 0 Å². The molecule has 0 spiro atoms. The summed E-state index contributed by atoms with van der Waals surface area (Å²) in [7, 11) is 0. The third kappa shape index (κ3) is 5.04. The van der Waals surface area contributed by atoms with Crippen molar-refractivity contribution in [3.63, 3.8) is 0 Å². The summed E-state index contributed by atoms with van der Waals surface area (Å²) in [5.74, 6) is -2.55. The van der Waals surface area contributed by atoms with Crippen LogP contribution in [0.15, 0.2) is 54.1 Å². The highest BCUT2D eigenvalue weighted by molar-refractivity contribution is 7.17. The first-order valence-electron chi connectivity index (χ1n) is 11.8. The average Bonchev–Trinajstić information content (AvgIpc) is 3.35. The number of rotatable bonds is 5. The minimum Gasteiger partial charge on any atom is -0.507 e. The molecule has 9 heteroatoms. The number of ketones is 1. The summed E-state index contributed by atoms with van der Waals surface area (Å²) in [6.07, 6.45) is 0. The van der Waals surface area contributed by atoms with E-state index in [1.165, 1.54) is 4.90 Å². The average molecular weight is 539 g/mol. The Kier molecular flexibility index (Phi) is 7.26. The van der Waals surface area contributed by atoms with Gasteiger partial charge in [0.25, 0.3) is 5.78 Å². The van der Waals surface area contributed by atoms with E-state index < -0.39 is 23.7 Å². The van der Waals surface area contributed by atoms with Crippen molar-refractivity contribution >= 4 is 51.5 Å². The van der Waals surface area contributed by atoms with Gasteiger partial charge in [-0.05, 0) is 54.7 Å². The minimum atomic E-state index is -0.953. The lowest BCUT2D eigenvalue weighted by Crippen LogP contribution is -2.29. The van der Waals surface area contributed by atoms with Crippen molar-refractivity contribution in [1.29, 1.82) is 0 Å². The monoisotopic (exact) mass is 538 g/mol. The summed E-state index contributed by atoms with van der Waals surface area (Å²) in [6.45, 7) is 9.80. The van der Waals surface area contributed by atoms with Crippen LogP contribution in [0, 0.1) is 6.92 Å². The molecule has 1 aliphatic rings. The zero-order chi connectivity index (χ0) is 27.1. The van der Waals surface area contributed by atoms with Crippen LogP contribution in [0.25, 0.3) is 5.76 Å². The molecular weight excluding hydrogens is 512 g/mol. The Morgan fingerprint density at radius 1 is 1.11 bits per heavy atom. The molecule has 1 saturated heterocycles. The normalized spacial score (nSPS) is 17.4. The number of hydrogen-bond donors (Lipinski definition) is 1. The number of carbonyl (C=O) groups excluding carboxylic acids is 3. The van der Waals surface area contributed by atoms with Gasteiger partial charge in [0.15, 0.2) is 5.13 Å². The van der Waals surface area contributed by atoms with Crippen LogP contribution in [0.3, 0.4) is 0 Å². The van der Waals surface area contributed by atoms with Crippen LogP contribution in [0.1, 0.15) is 65.8 Å². The lowest BCUT2D eigenvalue weighted by molar-refractivity contribution is -0.132. The Morgan fingerprint density at radius 3 is 2.30 bits per heavy atom. The second-order valence-corrected chi connectivity index (χ2v) is 11.1. The molecule has 3 aromatic rings. The largest absolute Gasteiger partial charge is 0.507 e. The highest BCUT2D eigenvalue weighted by Gasteiger charge is 2.48. The Balaban J connectivity index is 1.91. The molecule has 37 heavy (non-hydrogen) atoms. The Morgan fingerprint density at radius 2 is 1.73 bits per heavy atom. The van der Waals surface area contributed by atoms with Crippen molar-refractivity contribution < 1.29 is 24.2 Å². The lowest BCUT2D eigenvalue weighted by Gasteiger charge is -2.24. The summed E-state index contributed by atoms with van der Waals surface area (Å²) in [6, 6.07) is 13.0. The van der Waals surface area contributed by atoms with E-state index in [0.717, 1.165) is 16.9 Å². The molecule has 0 saturated carbocycles. The number of benzene rings is 2. The van der Waals surface area contributed by atoms with E-state index in [1.807, 2.05) is 24.3 Å². The summed E-state index contributed by atoms with van der Waals surface area (Å²) >= 11 is 6.97. The standard InChI is InChI=1S/C28H27ClN2O5S/c1-6-36-26(35)24-15(2)30-27(37-24)31-21(16-7-11-18(12-8-16)28(3,4)5)20(23(33)25(31)34)22(32)17-9-13-19(29)14-10-17/h7-14,21,32H,6H2,1-5H3/t21-/m1/s1. The number of carbonyl (C=O) groups is 3. The molecule has 1 N–H and O–H groups in total. The van der Waals surface area contributed by atoms with Crippen molar-refractivity contribution in [2.45, 2.75) is 46.1 Å². The second-order valence-electron chi connectivity index (χ2n) is 9.68. The topological polar surface area (TPSA) is 96.8 Å². The van der Waals surface area contributed by atoms with E-state index in [9.17, 15) is 19.5 Å². The zero-order valence-electron chi connectivity index (χ0n) is 21.2. The summed E-state index contributed by atoms with van der Waals surface area (Å²) in [4.78, 5) is 45.1. The van der Waals surface area contributed by atoms with Crippen LogP contribution in [-0.4, -0.2) is 34.4 Å². The number of nitrogens with zero attached hydrogens (tertiary/aromatic N) is 2. The number of amides is 1. The number of hydrogen-bond acceptors (Lipinski definition) is 7. The van der Waals surface area contributed by atoms with Crippen molar-refractivity contribution in [3.8, 4) is 0 Å².